The highest BCUT2D eigenvalue weighted by Gasteiger charge is 2.21. The van der Waals surface area contributed by atoms with Gasteiger partial charge in [-0.1, -0.05) is 39.7 Å². The third-order valence-electron chi connectivity index (χ3n) is 2.86. The molecule has 18 heavy (non-hydrogen) atoms. The lowest BCUT2D eigenvalue weighted by molar-refractivity contribution is 0.253. The third-order valence-corrected chi connectivity index (χ3v) is 3.61. The number of benzene rings is 2. The molecule has 1 unspecified atom stereocenters. The van der Waals surface area contributed by atoms with Gasteiger partial charge in [0.05, 0.1) is 5.69 Å². The molecule has 1 atom stereocenters. The molecule has 0 saturated heterocycles. The van der Waals surface area contributed by atoms with Crippen LogP contribution in [0.5, 0.6) is 5.75 Å². The number of nitrogens with one attached hydrogen (secondary N) is 1. The fraction of sp³-hybridized carbons (Fsp3) is 0.143. The molecule has 0 fully saturated rings. The zero-order chi connectivity index (χ0) is 12.5. The Hall–Kier alpha value is -1.19. The lowest BCUT2D eigenvalue weighted by Gasteiger charge is -2.11. The van der Waals surface area contributed by atoms with E-state index in [4.69, 9.17) is 16.3 Å². The Labute approximate surface area is 119 Å². The van der Waals surface area contributed by atoms with Gasteiger partial charge >= 0.3 is 0 Å². The highest BCUT2D eigenvalue weighted by atomic mass is 79.9. The zero-order valence-electron chi connectivity index (χ0n) is 9.49. The van der Waals surface area contributed by atoms with Crippen molar-refractivity contribution in [1.82, 2.24) is 0 Å². The van der Waals surface area contributed by atoms with Gasteiger partial charge in [0.15, 0.2) is 6.23 Å². The molecule has 0 saturated carbocycles. The Morgan fingerprint density at radius 1 is 1.17 bits per heavy atom. The molecule has 1 heterocycles. The van der Waals surface area contributed by atoms with E-state index in [0.29, 0.717) is 0 Å². The molecule has 92 valence electrons. The molecule has 1 aliphatic rings. The summed E-state index contributed by atoms with van der Waals surface area (Å²) in [6.45, 7) is 0. The topological polar surface area (TPSA) is 21.3 Å². The highest BCUT2D eigenvalue weighted by Crippen LogP contribution is 2.35. The van der Waals surface area contributed by atoms with Crippen LogP contribution in [0, 0.1) is 0 Å². The Morgan fingerprint density at radius 3 is 2.72 bits per heavy atom. The van der Waals surface area contributed by atoms with E-state index in [1.807, 2.05) is 42.5 Å². The van der Waals surface area contributed by atoms with E-state index in [-0.39, 0.29) is 6.23 Å². The SMILES string of the molecule is Clc1ccc(CC2Nc3ccc(Br)cc3O2)cc1. The average Bonchev–Trinajstić information content (AvgIpc) is 2.73. The Morgan fingerprint density at radius 2 is 1.94 bits per heavy atom. The Kier molecular flexibility index (Phi) is 3.18. The van der Waals surface area contributed by atoms with E-state index >= 15 is 0 Å². The van der Waals surface area contributed by atoms with Crippen LogP contribution in [0.15, 0.2) is 46.9 Å². The second-order valence-electron chi connectivity index (χ2n) is 4.22. The number of hydrogen-bond acceptors (Lipinski definition) is 2. The molecule has 4 heteroatoms. The number of hydrogen-bond donors (Lipinski definition) is 1. The van der Waals surface area contributed by atoms with Gasteiger partial charge in [-0.3, -0.25) is 0 Å². The summed E-state index contributed by atoms with van der Waals surface area (Å²) in [4.78, 5) is 0. The van der Waals surface area contributed by atoms with Crippen molar-refractivity contribution < 1.29 is 4.74 Å². The average molecular weight is 325 g/mol. The zero-order valence-corrected chi connectivity index (χ0v) is 11.8. The summed E-state index contributed by atoms with van der Waals surface area (Å²) < 4.78 is 6.87. The van der Waals surface area contributed by atoms with E-state index in [1.165, 1.54) is 5.56 Å². The van der Waals surface area contributed by atoms with Crippen LogP contribution in [0.4, 0.5) is 5.69 Å². The molecular formula is C14H11BrClNO. The second-order valence-corrected chi connectivity index (χ2v) is 5.57. The summed E-state index contributed by atoms with van der Waals surface area (Å²) in [6.07, 6.45) is 0.791. The van der Waals surface area contributed by atoms with Crippen molar-refractivity contribution in [3.8, 4) is 5.75 Å². The summed E-state index contributed by atoms with van der Waals surface area (Å²) in [5.74, 6) is 0.892. The van der Waals surface area contributed by atoms with Crippen LogP contribution in [0.2, 0.25) is 5.02 Å². The summed E-state index contributed by atoms with van der Waals surface area (Å²) in [6, 6.07) is 13.8. The molecule has 0 radical (unpaired) electrons. The molecule has 2 aromatic rings. The summed E-state index contributed by atoms with van der Waals surface area (Å²) in [5, 5.41) is 4.10. The number of fused-ring (bicyclic) bond motifs is 1. The molecule has 2 aromatic carbocycles. The first-order chi connectivity index (χ1) is 8.70. The van der Waals surface area contributed by atoms with Crippen LogP contribution < -0.4 is 10.1 Å². The lowest BCUT2D eigenvalue weighted by atomic mass is 10.1. The second kappa shape index (κ2) is 4.82. The normalized spacial score (nSPS) is 16.9. The molecule has 2 nitrogen and oxygen atoms in total. The Balaban J connectivity index is 1.72. The number of halogens is 2. The van der Waals surface area contributed by atoms with Crippen molar-refractivity contribution >= 4 is 33.2 Å². The first-order valence-electron chi connectivity index (χ1n) is 5.68. The highest BCUT2D eigenvalue weighted by molar-refractivity contribution is 9.10. The predicted molar refractivity (Wildman–Crippen MR) is 77.3 cm³/mol. The molecule has 0 aliphatic carbocycles. The van der Waals surface area contributed by atoms with E-state index in [2.05, 4.69) is 21.2 Å². The summed E-state index contributed by atoms with van der Waals surface area (Å²) >= 11 is 9.30. The van der Waals surface area contributed by atoms with Crippen molar-refractivity contribution in [2.75, 3.05) is 5.32 Å². The maximum absolute atomic E-state index is 5.87. The van der Waals surface area contributed by atoms with Gasteiger partial charge in [-0.25, -0.2) is 0 Å². The largest absolute Gasteiger partial charge is 0.468 e. The molecule has 0 amide bonds. The molecule has 1 N–H and O–H groups in total. The minimum Gasteiger partial charge on any atom is -0.468 e. The minimum atomic E-state index is -0.0181. The van der Waals surface area contributed by atoms with Gasteiger partial charge in [0.1, 0.15) is 5.75 Å². The van der Waals surface area contributed by atoms with Crippen molar-refractivity contribution in [1.29, 1.82) is 0 Å². The number of anilines is 1. The molecule has 0 aromatic heterocycles. The maximum Gasteiger partial charge on any atom is 0.174 e. The summed E-state index contributed by atoms with van der Waals surface area (Å²) in [5.41, 5.74) is 2.24. The van der Waals surface area contributed by atoms with Crippen molar-refractivity contribution in [3.63, 3.8) is 0 Å². The van der Waals surface area contributed by atoms with Crippen molar-refractivity contribution in [2.45, 2.75) is 12.6 Å². The van der Waals surface area contributed by atoms with E-state index in [9.17, 15) is 0 Å². The van der Waals surface area contributed by atoms with Crippen LogP contribution in [-0.2, 0) is 6.42 Å². The maximum atomic E-state index is 5.87. The van der Waals surface area contributed by atoms with Gasteiger partial charge in [-0.2, -0.15) is 0 Å². The first-order valence-corrected chi connectivity index (χ1v) is 6.85. The van der Waals surface area contributed by atoms with Gasteiger partial charge in [-0.05, 0) is 35.9 Å². The lowest BCUT2D eigenvalue weighted by Crippen LogP contribution is -2.22. The number of rotatable bonds is 2. The smallest absolute Gasteiger partial charge is 0.174 e. The van der Waals surface area contributed by atoms with Gasteiger partial charge in [-0.15, -0.1) is 0 Å². The molecule has 0 spiro atoms. The number of ether oxygens (including phenoxy) is 1. The first kappa shape index (κ1) is 11.9. The van der Waals surface area contributed by atoms with Crippen LogP contribution in [0.25, 0.3) is 0 Å². The fourth-order valence-corrected chi connectivity index (χ4v) is 2.46. The van der Waals surface area contributed by atoms with Crippen LogP contribution in [-0.4, -0.2) is 6.23 Å². The van der Waals surface area contributed by atoms with Gasteiger partial charge in [0.25, 0.3) is 0 Å². The minimum absolute atomic E-state index is 0.0181. The van der Waals surface area contributed by atoms with E-state index in [0.717, 1.165) is 27.4 Å². The molecule has 3 rings (SSSR count). The molecular weight excluding hydrogens is 314 g/mol. The molecule has 1 aliphatic heterocycles. The quantitative estimate of drug-likeness (QED) is 0.879. The van der Waals surface area contributed by atoms with Gasteiger partial charge in [0.2, 0.25) is 0 Å². The Bertz CT molecular complexity index is 571. The van der Waals surface area contributed by atoms with Crippen LogP contribution >= 0.6 is 27.5 Å². The predicted octanol–water partition coefficient (Wildman–Crippen LogP) is 4.48. The van der Waals surface area contributed by atoms with E-state index in [1.54, 1.807) is 0 Å². The molecule has 0 bridgehead atoms. The van der Waals surface area contributed by atoms with Gasteiger partial charge in [0, 0.05) is 15.9 Å². The van der Waals surface area contributed by atoms with Crippen molar-refractivity contribution in [3.05, 3.63) is 57.5 Å². The third kappa shape index (κ3) is 2.47. The monoisotopic (exact) mass is 323 g/mol. The summed E-state index contributed by atoms with van der Waals surface area (Å²) in [7, 11) is 0. The van der Waals surface area contributed by atoms with Crippen LogP contribution in [0.3, 0.4) is 0 Å². The standard InChI is InChI=1S/C14H11BrClNO/c15-10-3-6-12-13(8-10)18-14(17-12)7-9-1-4-11(16)5-2-9/h1-6,8,14,17H,7H2. The fourth-order valence-electron chi connectivity index (χ4n) is 2.00. The van der Waals surface area contributed by atoms with E-state index < -0.39 is 0 Å². The van der Waals surface area contributed by atoms with Gasteiger partial charge < -0.3 is 10.1 Å². The van der Waals surface area contributed by atoms with Crippen LogP contribution in [0.1, 0.15) is 5.56 Å². The van der Waals surface area contributed by atoms with Crippen molar-refractivity contribution in [2.24, 2.45) is 0 Å².